The summed E-state index contributed by atoms with van der Waals surface area (Å²) in [6.45, 7) is 1.99. The van der Waals surface area contributed by atoms with Gasteiger partial charge >= 0.3 is 0 Å². The molecule has 2 rings (SSSR count). The molecule has 62 valence electrons. The van der Waals surface area contributed by atoms with Crippen LogP contribution in [-0.4, -0.2) is 11.5 Å². The number of benzene rings is 1. The first-order valence-corrected chi connectivity index (χ1v) is 5.03. The van der Waals surface area contributed by atoms with E-state index < -0.39 is 0 Å². The molecule has 1 aromatic carbocycles. The average Bonchev–Trinajstić information content (AvgIpc) is 2.12. The van der Waals surface area contributed by atoms with Crippen LogP contribution in [0.2, 0.25) is 0 Å². The fourth-order valence-corrected chi connectivity index (χ4v) is 2.43. The highest BCUT2D eigenvalue weighted by molar-refractivity contribution is 7.99. The average molecular weight is 178 g/mol. The van der Waals surface area contributed by atoms with Crippen LogP contribution in [0, 0.1) is 5.92 Å². The van der Waals surface area contributed by atoms with E-state index in [1.165, 1.54) is 0 Å². The Bertz CT molecular complexity index is 319. The number of ketones is 1. The van der Waals surface area contributed by atoms with Crippen molar-refractivity contribution < 1.29 is 4.79 Å². The number of carbonyl (C=O) groups is 1. The Labute approximate surface area is 76.2 Å². The fourth-order valence-electron chi connectivity index (χ4n) is 1.35. The standard InChI is InChI=1S/C10H10OS/c1-7-6-12-9-5-3-2-4-8(9)10(7)11/h2-5,7H,6H2,1H3/t7-/m0/s1. The molecule has 1 heterocycles. The van der Waals surface area contributed by atoms with E-state index in [0.717, 1.165) is 16.2 Å². The Morgan fingerprint density at radius 1 is 1.42 bits per heavy atom. The molecule has 1 aliphatic heterocycles. The van der Waals surface area contributed by atoms with E-state index in [-0.39, 0.29) is 5.92 Å². The lowest BCUT2D eigenvalue weighted by atomic mass is 10.0. The molecule has 0 aromatic heterocycles. The van der Waals surface area contributed by atoms with Gasteiger partial charge in [-0.2, -0.15) is 0 Å². The molecule has 0 saturated heterocycles. The van der Waals surface area contributed by atoms with Gasteiger partial charge in [0, 0.05) is 22.1 Å². The van der Waals surface area contributed by atoms with Crippen LogP contribution < -0.4 is 0 Å². The molecule has 0 saturated carbocycles. The van der Waals surface area contributed by atoms with Gasteiger partial charge in [-0.1, -0.05) is 25.1 Å². The highest BCUT2D eigenvalue weighted by atomic mass is 32.2. The van der Waals surface area contributed by atoms with Gasteiger partial charge in [0.2, 0.25) is 0 Å². The number of hydrogen-bond donors (Lipinski definition) is 0. The minimum Gasteiger partial charge on any atom is -0.294 e. The molecule has 1 aromatic rings. The molecule has 1 aliphatic rings. The second kappa shape index (κ2) is 2.94. The van der Waals surface area contributed by atoms with Crippen LogP contribution in [-0.2, 0) is 0 Å². The summed E-state index contributed by atoms with van der Waals surface area (Å²) >= 11 is 1.78. The monoisotopic (exact) mass is 178 g/mol. The first-order chi connectivity index (χ1) is 5.79. The van der Waals surface area contributed by atoms with E-state index in [9.17, 15) is 4.79 Å². The van der Waals surface area contributed by atoms with Gasteiger partial charge < -0.3 is 0 Å². The molecule has 0 fully saturated rings. The van der Waals surface area contributed by atoms with Gasteiger partial charge in [-0.15, -0.1) is 11.8 Å². The maximum Gasteiger partial charge on any atom is 0.167 e. The van der Waals surface area contributed by atoms with Gasteiger partial charge in [-0.05, 0) is 6.07 Å². The third kappa shape index (κ3) is 1.16. The Balaban J connectivity index is 2.49. The number of thioether (sulfide) groups is 1. The smallest absolute Gasteiger partial charge is 0.167 e. The van der Waals surface area contributed by atoms with Gasteiger partial charge in [0.1, 0.15) is 0 Å². The third-order valence-corrected chi connectivity index (χ3v) is 3.42. The first-order valence-electron chi connectivity index (χ1n) is 4.05. The number of carbonyl (C=O) groups excluding carboxylic acids is 1. The van der Waals surface area contributed by atoms with Crippen molar-refractivity contribution in [3.63, 3.8) is 0 Å². The number of rotatable bonds is 0. The molecular weight excluding hydrogens is 168 g/mol. The molecule has 0 spiro atoms. The molecule has 0 N–H and O–H groups in total. The van der Waals surface area contributed by atoms with Crippen LogP contribution in [0.25, 0.3) is 0 Å². The summed E-state index contributed by atoms with van der Waals surface area (Å²) in [6.07, 6.45) is 0. The van der Waals surface area contributed by atoms with E-state index >= 15 is 0 Å². The highest BCUT2D eigenvalue weighted by Crippen LogP contribution is 2.32. The lowest BCUT2D eigenvalue weighted by Crippen LogP contribution is -2.18. The zero-order chi connectivity index (χ0) is 8.55. The summed E-state index contributed by atoms with van der Waals surface area (Å²) in [5.74, 6) is 1.41. The second-order valence-electron chi connectivity index (χ2n) is 3.07. The number of fused-ring (bicyclic) bond motifs is 1. The van der Waals surface area contributed by atoms with Crippen molar-refractivity contribution in [2.45, 2.75) is 11.8 Å². The summed E-state index contributed by atoms with van der Waals surface area (Å²) in [6, 6.07) is 7.84. The van der Waals surface area contributed by atoms with E-state index in [1.54, 1.807) is 11.8 Å². The molecule has 0 unspecified atom stereocenters. The third-order valence-electron chi connectivity index (χ3n) is 2.09. The van der Waals surface area contributed by atoms with Crippen molar-refractivity contribution in [1.29, 1.82) is 0 Å². The molecule has 0 amide bonds. The predicted molar refractivity (Wildman–Crippen MR) is 50.7 cm³/mol. The van der Waals surface area contributed by atoms with Crippen LogP contribution in [0.4, 0.5) is 0 Å². The SMILES string of the molecule is C[C@H]1CSc2ccccc2C1=O. The van der Waals surface area contributed by atoms with Crippen LogP contribution in [0.3, 0.4) is 0 Å². The van der Waals surface area contributed by atoms with Gasteiger partial charge in [0.15, 0.2) is 5.78 Å². The molecule has 0 radical (unpaired) electrons. The van der Waals surface area contributed by atoms with E-state index in [1.807, 2.05) is 31.2 Å². The molecule has 2 heteroatoms. The van der Waals surface area contributed by atoms with Crippen molar-refractivity contribution in [3.8, 4) is 0 Å². The Hall–Kier alpha value is -0.760. The summed E-state index contributed by atoms with van der Waals surface area (Å²) in [7, 11) is 0. The van der Waals surface area contributed by atoms with E-state index in [2.05, 4.69) is 0 Å². The molecule has 1 nitrogen and oxygen atoms in total. The zero-order valence-electron chi connectivity index (χ0n) is 6.91. The number of hydrogen-bond acceptors (Lipinski definition) is 2. The van der Waals surface area contributed by atoms with Crippen LogP contribution >= 0.6 is 11.8 Å². The maximum atomic E-state index is 11.6. The van der Waals surface area contributed by atoms with Crippen molar-refractivity contribution in [1.82, 2.24) is 0 Å². The zero-order valence-corrected chi connectivity index (χ0v) is 7.73. The van der Waals surface area contributed by atoms with Crippen LogP contribution in [0.1, 0.15) is 17.3 Å². The van der Waals surface area contributed by atoms with Gasteiger partial charge in [0.25, 0.3) is 0 Å². The van der Waals surface area contributed by atoms with E-state index in [4.69, 9.17) is 0 Å². The second-order valence-corrected chi connectivity index (χ2v) is 4.13. The van der Waals surface area contributed by atoms with Crippen LogP contribution in [0.15, 0.2) is 29.2 Å². The maximum absolute atomic E-state index is 11.6. The molecular formula is C10H10OS. The van der Waals surface area contributed by atoms with E-state index in [0.29, 0.717) is 5.78 Å². The minimum atomic E-state index is 0.185. The molecule has 0 aliphatic carbocycles. The largest absolute Gasteiger partial charge is 0.294 e. The van der Waals surface area contributed by atoms with Crippen molar-refractivity contribution in [2.75, 3.05) is 5.75 Å². The highest BCUT2D eigenvalue weighted by Gasteiger charge is 2.23. The Kier molecular flexibility index (Phi) is 1.93. The summed E-state index contributed by atoms with van der Waals surface area (Å²) in [4.78, 5) is 12.7. The Morgan fingerprint density at radius 2 is 2.17 bits per heavy atom. The molecule has 1 atom stereocenters. The van der Waals surface area contributed by atoms with Gasteiger partial charge in [-0.3, -0.25) is 4.79 Å². The predicted octanol–water partition coefficient (Wildman–Crippen LogP) is 2.61. The van der Waals surface area contributed by atoms with Gasteiger partial charge in [0.05, 0.1) is 0 Å². The molecule has 12 heavy (non-hydrogen) atoms. The summed E-state index contributed by atoms with van der Waals surface area (Å²) in [5.41, 5.74) is 0.904. The minimum absolute atomic E-state index is 0.185. The quantitative estimate of drug-likeness (QED) is 0.607. The lowest BCUT2D eigenvalue weighted by molar-refractivity contribution is 0.0936. The van der Waals surface area contributed by atoms with Crippen molar-refractivity contribution in [2.24, 2.45) is 5.92 Å². The first kappa shape index (κ1) is 7.87. The van der Waals surface area contributed by atoms with Crippen molar-refractivity contribution >= 4 is 17.5 Å². The summed E-state index contributed by atoms with van der Waals surface area (Å²) < 4.78 is 0. The molecule has 0 bridgehead atoms. The fraction of sp³-hybridized carbons (Fsp3) is 0.300. The number of Topliss-reactive ketones (excluding diaryl/α,β-unsaturated/α-hetero) is 1. The summed E-state index contributed by atoms with van der Waals surface area (Å²) in [5, 5.41) is 0. The van der Waals surface area contributed by atoms with Gasteiger partial charge in [-0.25, -0.2) is 0 Å². The van der Waals surface area contributed by atoms with Crippen molar-refractivity contribution in [3.05, 3.63) is 29.8 Å². The normalized spacial score (nSPS) is 22.1. The Morgan fingerprint density at radius 3 is 3.00 bits per heavy atom. The topological polar surface area (TPSA) is 17.1 Å². The van der Waals surface area contributed by atoms with Crippen LogP contribution in [0.5, 0.6) is 0 Å². The lowest BCUT2D eigenvalue weighted by Gasteiger charge is -2.18.